The van der Waals surface area contributed by atoms with E-state index in [4.69, 9.17) is 11.6 Å². The van der Waals surface area contributed by atoms with Gasteiger partial charge in [-0.2, -0.15) is 0 Å². The molecule has 5 heteroatoms. The Balaban J connectivity index is 2.46. The van der Waals surface area contributed by atoms with Crippen molar-refractivity contribution in [1.82, 2.24) is 14.9 Å². The maximum absolute atomic E-state index is 5.94. The highest BCUT2D eigenvalue weighted by atomic mass is 35.5. The number of nitrogens with one attached hydrogen (secondary N) is 1. The molecule has 0 radical (unpaired) electrons. The fraction of sp³-hybridized carbons (Fsp3) is 0.692. The van der Waals surface area contributed by atoms with Crippen LogP contribution in [0.2, 0.25) is 5.15 Å². The van der Waals surface area contributed by atoms with Gasteiger partial charge in [-0.05, 0) is 20.4 Å². The first-order chi connectivity index (χ1) is 8.56. The highest BCUT2D eigenvalue weighted by Gasteiger charge is 2.06. The lowest BCUT2D eigenvalue weighted by Crippen LogP contribution is -2.32. The fourth-order valence-corrected chi connectivity index (χ4v) is 1.81. The Hall–Kier alpha value is -0.870. The second-order valence-corrected chi connectivity index (χ2v) is 4.90. The number of rotatable bonds is 7. The van der Waals surface area contributed by atoms with Crippen molar-refractivity contribution in [1.29, 1.82) is 0 Å². The molecule has 0 aliphatic carbocycles. The molecule has 0 aliphatic heterocycles. The second-order valence-electron chi connectivity index (χ2n) is 4.51. The van der Waals surface area contributed by atoms with Crippen LogP contribution in [0.4, 0.5) is 5.82 Å². The number of anilines is 1. The van der Waals surface area contributed by atoms with Crippen LogP contribution in [0, 0.1) is 0 Å². The molecule has 1 heterocycles. The lowest BCUT2D eigenvalue weighted by atomic mass is 10.2. The molecule has 1 aromatic rings. The Morgan fingerprint density at radius 1 is 1.39 bits per heavy atom. The van der Waals surface area contributed by atoms with Gasteiger partial charge >= 0.3 is 0 Å². The molecule has 0 fully saturated rings. The molecular formula is C13H23ClN4. The van der Waals surface area contributed by atoms with Crippen molar-refractivity contribution >= 4 is 17.4 Å². The summed E-state index contributed by atoms with van der Waals surface area (Å²) in [6.07, 6.45) is 1.96. The van der Waals surface area contributed by atoms with E-state index >= 15 is 0 Å². The van der Waals surface area contributed by atoms with E-state index in [1.54, 1.807) is 6.07 Å². The summed E-state index contributed by atoms with van der Waals surface area (Å²) in [5.74, 6) is 1.59. The summed E-state index contributed by atoms with van der Waals surface area (Å²) in [4.78, 5) is 10.9. The number of hydrogen-bond acceptors (Lipinski definition) is 4. The molecular weight excluding hydrogens is 248 g/mol. The van der Waals surface area contributed by atoms with E-state index in [9.17, 15) is 0 Å². The van der Waals surface area contributed by atoms with Crippen molar-refractivity contribution in [2.45, 2.75) is 39.7 Å². The van der Waals surface area contributed by atoms with Crippen molar-refractivity contribution < 1.29 is 0 Å². The standard InChI is InChI=1S/C13H23ClN4/c1-5-10(3)18(4)8-7-15-13-9-11(14)16-12(6-2)17-13/h9-10H,5-8H2,1-4H3,(H,15,16,17). The zero-order chi connectivity index (χ0) is 13.5. The molecule has 0 amide bonds. The van der Waals surface area contributed by atoms with Gasteiger partial charge in [0.25, 0.3) is 0 Å². The molecule has 1 unspecified atom stereocenters. The van der Waals surface area contributed by atoms with Crippen LogP contribution >= 0.6 is 11.6 Å². The van der Waals surface area contributed by atoms with Gasteiger partial charge in [-0.25, -0.2) is 9.97 Å². The normalized spacial score (nSPS) is 12.8. The Morgan fingerprint density at radius 2 is 2.11 bits per heavy atom. The number of hydrogen-bond donors (Lipinski definition) is 1. The van der Waals surface area contributed by atoms with Crippen LogP contribution in [-0.4, -0.2) is 41.0 Å². The van der Waals surface area contributed by atoms with Gasteiger partial charge in [-0.1, -0.05) is 25.4 Å². The predicted molar refractivity (Wildman–Crippen MR) is 77.3 cm³/mol. The molecule has 1 aromatic heterocycles. The highest BCUT2D eigenvalue weighted by Crippen LogP contribution is 2.11. The third-order valence-corrected chi connectivity index (χ3v) is 3.36. The van der Waals surface area contributed by atoms with Crippen molar-refractivity contribution in [3.05, 3.63) is 17.0 Å². The molecule has 4 nitrogen and oxygen atoms in total. The van der Waals surface area contributed by atoms with Crippen LogP contribution in [0.5, 0.6) is 0 Å². The Labute approximate surface area is 115 Å². The molecule has 0 saturated heterocycles. The summed E-state index contributed by atoms with van der Waals surface area (Å²) in [7, 11) is 2.14. The van der Waals surface area contributed by atoms with Crippen LogP contribution in [0.3, 0.4) is 0 Å². The minimum atomic E-state index is 0.500. The molecule has 102 valence electrons. The first-order valence-corrected chi connectivity index (χ1v) is 6.92. The van der Waals surface area contributed by atoms with E-state index < -0.39 is 0 Å². The van der Waals surface area contributed by atoms with Gasteiger partial charge in [0.05, 0.1) is 0 Å². The summed E-state index contributed by atoms with van der Waals surface area (Å²) in [5, 5.41) is 3.79. The van der Waals surface area contributed by atoms with E-state index in [1.807, 2.05) is 6.92 Å². The maximum Gasteiger partial charge on any atom is 0.134 e. The molecule has 1 N–H and O–H groups in total. The summed E-state index contributed by atoms with van der Waals surface area (Å²) in [6.45, 7) is 8.30. The van der Waals surface area contributed by atoms with E-state index in [2.05, 4.69) is 41.1 Å². The molecule has 0 bridgehead atoms. The van der Waals surface area contributed by atoms with Gasteiger partial charge in [0.2, 0.25) is 0 Å². The number of aryl methyl sites for hydroxylation is 1. The van der Waals surface area contributed by atoms with E-state index in [-0.39, 0.29) is 0 Å². The maximum atomic E-state index is 5.94. The molecule has 0 aliphatic rings. The lowest BCUT2D eigenvalue weighted by Gasteiger charge is -2.23. The van der Waals surface area contributed by atoms with Gasteiger partial charge in [0.15, 0.2) is 0 Å². The number of likely N-dealkylation sites (N-methyl/N-ethyl adjacent to an activating group) is 1. The van der Waals surface area contributed by atoms with Crippen LogP contribution in [0.1, 0.15) is 33.0 Å². The van der Waals surface area contributed by atoms with Crippen LogP contribution < -0.4 is 5.32 Å². The molecule has 0 aromatic carbocycles. The highest BCUT2D eigenvalue weighted by molar-refractivity contribution is 6.29. The summed E-state index contributed by atoms with van der Waals surface area (Å²) in [5.41, 5.74) is 0. The van der Waals surface area contributed by atoms with Gasteiger partial charge in [-0.3, -0.25) is 0 Å². The molecule has 0 spiro atoms. The third kappa shape index (κ3) is 4.78. The van der Waals surface area contributed by atoms with E-state index in [0.29, 0.717) is 11.2 Å². The second kappa shape index (κ2) is 7.54. The number of nitrogens with zero attached hydrogens (tertiary/aromatic N) is 3. The summed E-state index contributed by atoms with van der Waals surface area (Å²) >= 11 is 5.94. The smallest absolute Gasteiger partial charge is 0.134 e. The summed E-state index contributed by atoms with van der Waals surface area (Å²) < 4.78 is 0. The number of halogens is 1. The minimum Gasteiger partial charge on any atom is -0.369 e. The largest absolute Gasteiger partial charge is 0.369 e. The average molecular weight is 271 g/mol. The van der Waals surface area contributed by atoms with E-state index in [1.165, 1.54) is 0 Å². The van der Waals surface area contributed by atoms with Crippen molar-refractivity contribution in [3.8, 4) is 0 Å². The monoisotopic (exact) mass is 270 g/mol. The Bertz CT molecular complexity index is 370. The SMILES string of the molecule is CCc1nc(Cl)cc(NCCN(C)C(C)CC)n1. The van der Waals surface area contributed by atoms with Crippen molar-refractivity contribution in [2.75, 3.05) is 25.5 Å². The predicted octanol–water partition coefficient (Wildman–Crippen LogP) is 2.83. The minimum absolute atomic E-state index is 0.500. The first-order valence-electron chi connectivity index (χ1n) is 6.54. The van der Waals surface area contributed by atoms with Gasteiger partial charge in [0, 0.05) is 31.6 Å². The molecule has 18 heavy (non-hydrogen) atoms. The number of aromatic nitrogens is 2. The molecule has 1 rings (SSSR count). The first kappa shape index (κ1) is 15.2. The van der Waals surface area contributed by atoms with Crippen LogP contribution in [0.25, 0.3) is 0 Å². The van der Waals surface area contributed by atoms with Crippen LogP contribution in [0.15, 0.2) is 6.07 Å². The third-order valence-electron chi connectivity index (χ3n) is 3.17. The average Bonchev–Trinajstić information content (AvgIpc) is 2.36. The Kier molecular flexibility index (Phi) is 6.36. The quantitative estimate of drug-likeness (QED) is 0.774. The van der Waals surface area contributed by atoms with Gasteiger partial charge < -0.3 is 10.2 Å². The zero-order valence-corrected chi connectivity index (χ0v) is 12.5. The van der Waals surface area contributed by atoms with Gasteiger partial charge in [-0.15, -0.1) is 0 Å². The van der Waals surface area contributed by atoms with Crippen LogP contribution in [-0.2, 0) is 6.42 Å². The Morgan fingerprint density at radius 3 is 2.72 bits per heavy atom. The molecule has 0 saturated carbocycles. The summed E-state index contributed by atoms with van der Waals surface area (Å²) in [6, 6.07) is 2.37. The van der Waals surface area contributed by atoms with Crippen molar-refractivity contribution in [3.63, 3.8) is 0 Å². The van der Waals surface area contributed by atoms with Gasteiger partial charge in [0.1, 0.15) is 16.8 Å². The fourth-order valence-electron chi connectivity index (χ4n) is 1.61. The van der Waals surface area contributed by atoms with Crippen molar-refractivity contribution in [2.24, 2.45) is 0 Å². The lowest BCUT2D eigenvalue weighted by molar-refractivity contribution is 0.261. The van der Waals surface area contributed by atoms with E-state index in [0.717, 1.165) is 37.6 Å². The molecule has 1 atom stereocenters. The topological polar surface area (TPSA) is 41.1 Å². The zero-order valence-electron chi connectivity index (χ0n) is 11.7.